The zero-order chi connectivity index (χ0) is 10.4. The first-order chi connectivity index (χ1) is 6.70. The van der Waals surface area contributed by atoms with E-state index in [2.05, 4.69) is 0 Å². The Kier molecular flexibility index (Phi) is 5.33. The van der Waals surface area contributed by atoms with Gasteiger partial charge in [0.2, 0.25) is 0 Å². The Bertz CT molecular complexity index is 147. The predicted octanol–water partition coefficient (Wildman–Crippen LogP) is 2.21. The van der Waals surface area contributed by atoms with Gasteiger partial charge in [0.1, 0.15) is 6.61 Å². The number of rotatable bonds is 5. The maximum Gasteiger partial charge on any atom is 0.261 e. The highest BCUT2D eigenvalue weighted by Crippen LogP contribution is 2.26. The maximum absolute atomic E-state index is 11.7. The van der Waals surface area contributed by atoms with Crippen molar-refractivity contribution in [3.8, 4) is 0 Å². The van der Waals surface area contributed by atoms with E-state index in [9.17, 15) is 13.9 Å². The lowest BCUT2D eigenvalue weighted by molar-refractivity contribution is -0.0410. The summed E-state index contributed by atoms with van der Waals surface area (Å²) in [5.74, 6) is 0.251. The van der Waals surface area contributed by atoms with E-state index in [1.807, 2.05) is 0 Å². The van der Waals surface area contributed by atoms with Gasteiger partial charge < -0.3 is 9.84 Å². The lowest BCUT2D eigenvalue weighted by Gasteiger charge is -2.26. The monoisotopic (exact) mass is 208 g/mol. The molecular formula is C10H18F2O2. The Hall–Kier alpha value is -0.220. The molecule has 84 valence electrons. The molecule has 1 rings (SSSR count). The van der Waals surface area contributed by atoms with Crippen molar-refractivity contribution in [3.05, 3.63) is 0 Å². The van der Waals surface area contributed by atoms with Gasteiger partial charge in [-0.3, -0.25) is 0 Å². The molecule has 1 unspecified atom stereocenters. The van der Waals surface area contributed by atoms with Gasteiger partial charge in [0.25, 0.3) is 6.43 Å². The Balaban J connectivity index is 2.10. The third-order valence-electron chi connectivity index (χ3n) is 2.73. The van der Waals surface area contributed by atoms with Crippen LogP contribution in [-0.2, 0) is 4.74 Å². The van der Waals surface area contributed by atoms with Crippen molar-refractivity contribution in [1.29, 1.82) is 0 Å². The van der Waals surface area contributed by atoms with E-state index in [0.717, 1.165) is 25.7 Å². The van der Waals surface area contributed by atoms with Gasteiger partial charge >= 0.3 is 0 Å². The Morgan fingerprint density at radius 2 is 1.79 bits per heavy atom. The third-order valence-corrected chi connectivity index (χ3v) is 2.73. The minimum Gasteiger partial charge on any atom is -0.390 e. The number of hydrogen-bond acceptors (Lipinski definition) is 2. The summed E-state index contributed by atoms with van der Waals surface area (Å²) in [6.07, 6.45) is 2.50. The summed E-state index contributed by atoms with van der Waals surface area (Å²) < 4.78 is 28.2. The van der Waals surface area contributed by atoms with Crippen molar-refractivity contribution in [2.24, 2.45) is 5.92 Å². The largest absolute Gasteiger partial charge is 0.390 e. The van der Waals surface area contributed by atoms with E-state index in [1.54, 1.807) is 0 Å². The zero-order valence-corrected chi connectivity index (χ0v) is 8.29. The quantitative estimate of drug-likeness (QED) is 0.750. The van der Waals surface area contributed by atoms with Crippen LogP contribution in [0.2, 0.25) is 0 Å². The second kappa shape index (κ2) is 6.30. The first-order valence-electron chi connectivity index (χ1n) is 5.24. The summed E-state index contributed by atoms with van der Waals surface area (Å²) in [7, 11) is 0. The minimum atomic E-state index is -2.44. The van der Waals surface area contributed by atoms with E-state index in [4.69, 9.17) is 4.74 Å². The summed E-state index contributed by atoms with van der Waals surface area (Å²) in [6.45, 7) is -0.515. The first-order valence-corrected chi connectivity index (χ1v) is 5.24. The van der Waals surface area contributed by atoms with E-state index >= 15 is 0 Å². The van der Waals surface area contributed by atoms with Crippen molar-refractivity contribution in [2.75, 3.05) is 13.2 Å². The van der Waals surface area contributed by atoms with E-state index < -0.39 is 19.1 Å². The number of aliphatic hydroxyl groups is 1. The minimum absolute atomic E-state index is 0.0506. The second-order valence-electron chi connectivity index (χ2n) is 3.89. The Labute approximate surface area is 83.3 Å². The number of aliphatic hydroxyl groups excluding tert-OH is 1. The number of halogens is 2. The number of alkyl halides is 2. The molecule has 0 saturated heterocycles. The fraction of sp³-hybridized carbons (Fsp3) is 1.00. The highest BCUT2D eigenvalue weighted by atomic mass is 19.3. The van der Waals surface area contributed by atoms with Gasteiger partial charge in [-0.05, 0) is 18.8 Å². The molecule has 2 nitrogen and oxygen atoms in total. The van der Waals surface area contributed by atoms with Crippen LogP contribution >= 0.6 is 0 Å². The molecule has 1 saturated carbocycles. The normalized spacial score (nSPS) is 21.4. The van der Waals surface area contributed by atoms with Crippen LogP contribution in [0, 0.1) is 5.92 Å². The van der Waals surface area contributed by atoms with Gasteiger partial charge in [0.05, 0.1) is 12.7 Å². The van der Waals surface area contributed by atoms with Crippen molar-refractivity contribution in [1.82, 2.24) is 0 Å². The number of hydrogen-bond donors (Lipinski definition) is 1. The highest BCUT2D eigenvalue weighted by molar-refractivity contribution is 4.72. The van der Waals surface area contributed by atoms with Crippen LogP contribution in [-0.4, -0.2) is 30.8 Å². The van der Waals surface area contributed by atoms with Crippen LogP contribution < -0.4 is 0 Å². The Morgan fingerprint density at radius 1 is 1.14 bits per heavy atom. The molecule has 14 heavy (non-hydrogen) atoms. The van der Waals surface area contributed by atoms with E-state index in [-0.39, 0.29) is 12.5 Å². The SMILES string of the molecule is OC(COCC(F)F)C1CCCCC1. The fourth-order valence-corrected chi connectivity index (χ4v) is 1.93. The van der Waals surface area contributed by atoms with E-state index in [1.165, 1.54) is 6.42 Å². The average Bonchev–Trinajstić information content (AvgIpc) is 2.18. The molecule has 0 aromatic rings. The molecule has 0 heterocycles. The Morgan fingerprint density at radius 3 is 2.36 bits per heavy atom. The van der Waals surface area contributed by atoms with E-state index in [0.29, 0.717) is 0 Å². The molecule has 1 aliphatic carbocycles. The maximum atomic E-state index is 11.7. The molecule has 1 fully saturated rings. The predicted molar refractivity (Wildman–Crippen MR) is 49.4 cm³/mol. The lowest BCUT2D eigenvalue weighted by atomic mass is 9.85. The first kappa shape index (κ1) is 11.9. The smallest absolute Gasteiger partial charge is 0.261 e. The van der Waals surface area contributed by atoms with Gasteiger partial charge in [-0.2, -0.15) is 0 Å². The molecule has 0 amide bonds. The molecule has 1 atom stereocenters. The molecule has 4 heteroatoms. The zero-order valence-electron chi connectivity index (χ0n) is 8.29. The molecule has 0 bridgehead atoms. The van der Waals surface area contributed by atoms with Crippen LogP contribution in [0.3, 0.4) is 0 Å². The molecule has 0 aromatic carbocycles. The van der Waals surface area contributed by atoms with Crippen molar-refractivity contribution < 1.29 is 18.6 Å². The van der Waals surface area contributed by atoms with Crippen LogP contribution in [0.5, 0.6) is 0 Å². The molecule has 1 aliphatic rings. The lowest BCUT2D eigenvalue weighted by Crippen LogP contribution is -2.28. The van der Waals surface area contributed by atoms with Crippen LogP contribution in [0.25, 0.3) is 0 Å². The average molecular weight is 208 g/mol. The summed E-state index contributed by atoms with van der Waals surface area (Å²) in [5, 5.41) is 9.62. The second-order valence-corrected chi connectivity index (χ2v) is 3.89. The van der Waals surface area contributed by atoms with Crippen LogP contribution in [0.15, 0.2) is 0 Å². The van der Waals surface area contributed by atoms with Crippen molar-refractivity contribution in [3.63, 3.8) is 0 Å². The van der Waals surface area contributed by atoms with Crippen molar-refractivity contribution >= 4 is 0 Å². The number of ether oxygens (including phenoxy) is 1. The van der Waals surface area contributed by atoms with Crippen LogP contribution in [0.4, 0.5) is 8.78 Å². The van der Waals surface area contributed by atoms with Gasteiger partial charge in [0.15, 0.2) is 0 Å². The third kappa shape index (κ3) is 4.33. The topological polar surface area (TPSA) is 29.5 Å². The summed E-state index contributed by atoms with van der Waals surface area (Å²) in [5.41, 5.74) is 0. The summed E-state index contributed by atoms with van der Waals surface area (Å²) in [4.78, 5) is 0. The highest BCUT2D eigenvalue weighted by Gasteiger charge is 2.21. The summed E-state index contributed by atoms with van der Waals surface area (Å²) >= 11 is 0. The van der Waals surface area contributed by atoms with Gasteiger partial charge in [-0.15, -0.1) is 0 Å². The van der Waals surface area contributed by atoms with Gasteiger partial charge in [0, 0.05) is 0 Å². The molecule has 1 N–H and O–H groups in total. The molecule has 0 aromatic heterocycles. The fourth-order valence-electron chi connectivity index (χ4n) is 1.93. The standard InChI is InChI=1S/C10H18F2O2/c11-10(12)7-14-6-9(13)8-4-2-1-3-5-8/h8-10,13H,1-7H2. The van der Waals surface area contributed by atoms with Crippen LogP contribution in [0.1, 0.15) is 32.1 Å². The summed E-state index contributed by atoms with van der Waals surface area (Å²) in [6, 6.07) is 0. The van der Waals surface area contributed by atoms with Gasteiger partial charge in [-0.1, -0.05) is 19.3 Å². The van der Waals surface area contributed by atoms with Crippen molar-refractivity contribution in [2.45, 2.75) is 44.6 Å². The van der Waals surface area contributed by atoms with Gasteiger partial charge in [-0.25, -0.2) is 8.78 Å². The molecular weight excluding hydrogens is 190 g/mol. The molecule has 0 spiro atoms. The molecule has 0 aliphatic heterocycles. The molecule has 0 radical (unpaired) electrons.